The smallest absolute Gasteiger partial charge is 0.343 e. The van der Waals surface area contributed by atoms with Gasteiger partial charge in [0.05, 0.1) is 5.56 Å². The molecule has 0 amide bonds. The minimum absolute atomic E-state index is 0.0342. The third-order valence-electron chi connectivity index (χ3n) is 10.00. The van der Waals surface area contributed by atoms with Crippen molar-refractivity contribution in [3.05, 3.63) is 46.6 Å². The Morgan fingerprint density at radius 2 is 1.83 bits per heavy atom. The van der Waals surface area contributed by atoms with Crippen LogP contribution >= 0.6 is 0 Å². The highest BCUT2D eigenvalue weighted by molar-refractivity contribution is 5.69. The molecule has 1 aliphatic heterocycles. The minimum atomic E-state index is -0.973. The van der Waals surface area contributed by atoms with Gasteiger partial charge in [-0.1, -0.05) is 20.8 Å². The lowest BCUT2D eigenvalue weighted by molar-refractivity contribution is -0.251. The van der Waals surface area contributed by atoms with E-state index >= 15 is 0 Å². The summed E-state index contributed by atoms with van der Waals surface area (Å²) in [5, 5.41) is 0. The standard InChI is InChI=1S/C32H39NO9/c1-7-28(36)41-27-15-24-30(4,11-10-26(39-19(3)35)31(24,5)17-38-18(2)34)25-13-21-23(42-32(25,27)6)14-22(40-29(21)37)20-9-8-12-33-16-20/h8-9,12,14,16,24-27H,7,10-11,13,15,17H2,1-6H3. The molecular formula is C32H39NO9. The highest BCUT2D eigenvalue weighted by atomic mass is 16.6. The van der Waals surface area contributed by atoms with Gasteiger partial charge in [-0.05, 0) is 56.1 Å². The molecule has 2 aromatic heterocycles. The first-order valence-corrected chi connectivity index (χ1v) is 14.6. The first kappa shape index (κ1) is 29.8. The van der Waals surface area contributed by atoms with Crippen LogP contribution in [0.3, 0.4) is 0 Å². The van der Waals surface area contributed by atoms with E-state index in [1.807, 2.05) is 13.8 Å². The average molecular weight is 582 g/mol. The quantitative estimate of drug-likeness (QED) is 0.351. The van der Waals surface area contributed by atoms with Crippen LogP contribution in [0.25, 0.3) is 11.3 Å². The summed E-state index contributed by atoms with van der Waals surface area (Å²) >= 11 is 0. The lowest BCUT2D eigenvalue weighted by atomic mass is 9.43. The normalized spacial score (nSPS) is 33.2. The van der Waals surface area contributed by atoms with Gasteiger partial charge in [0, 0.05) is 55.6 Å². The molecule has 10 heteroatoms. The van der Waals surface area contributed by atoms with Crippen molar-refractivity contribution in [1.29, 1.82) is 0 Å². The maximum absolute atomic E-state index is 13.4. The molecule has 7 atom stereocenters. The van der Waals surface area contributed by atoms with Crippen LogP contribution in [0.15, 0.2) is 39.8 Å². The number of hydrogen-bond donors (Lipinski definition) is 0. The number of fused-ring (bicyclic) bond motifs is 4. The SMILES string of the molecule is CCC(=O)OC1CC2C(C)(COC(C)=O)C(OC(C)=O)CCC2(C)C2Cc3c(cc(-c4cccnc4)oc3=O)OC12C. The van der Waals surface area contributed by atoms with Gasteiger partial charge in [0.15, 0.2) is 0 Å². The second-order valence-corrected chi connectivity index (χ2v) is 12.6. The number of pyridine rings is 1. The Morgan fingerprint density at radius 1 is 1.07 bits per heavy atom. The van der Waals surface area contributed by atoms with Gasteiger partial charge in [0.2, 0.25) is 0 Å². The first-order valence-electron chi connectivity index (χ1n) is 14.6. The van der Waals surface area contributed by atoms with Crippen LogP contribution in [0.5, 0.6) is 5.75 Å². The average Bonchev–Trinajstić information content (AvgIpc) is 2.94. The molecule has 3 aliphatic rings. The Hall–Kier alpha value is -3.69. The first-order chi connectivity index (χ1) is 19.8. The van der Waals surface area contributed by atoms with Crippen LogP contribution in [0.4, 0.5) is 0 Å². The molecule has 2 saturated carbocycles. The van der Waals surface area contributed by atoms with E-state index in [0.717, 1.165) is 0 Å². The fourth-order valence-corrected chi connectivity index (χ4v) is 7.90. The summed E-state index contributed by atoms with van der Waals surface area (Å²) in [4.78, 5) is 54.4. The number of nitrogens with zero attached hydrogens (tertiary/aromatic N) is 1. The predicted molar refractivity (Wildman–Crippen MR) is 150 cm³/mol. The van der Waals surface area contributed by atoms with E-state index in [1.54, 1.807) is 37.5 Å². The number of esters is 3. The molecule has 0 bridgehead atoms. The highest BCUT2D eigenvalue weighted by Crippen LogP contribution is 2.65. The molecule has 0 saturated heterocycles. The van der Waals surface area contributed by atoms with E-state index in [9.17, 15) is 19.2 Å². The van der Waals surface area contributed by atoms with Crippen molar-refractivity contribution < 1.29 is 37.7 Å². The van der Waals surface area contributed by atoms with Gasteiger partial charge >= 0.3 is 23.5 Å². The lowest BCUT2D eigenvalue weighted by Gasteiger charge is -2.65. The Morgan fingerprint density at radius 3 is 2.48 bits per heavy atom. The number of carbonyl (C=O) groups excluding carboxylic acids is 3. The number of ether oxygens (including phenoxy) is 4. The van der Waals surface area contributed by atoms with Crippen LogP contribution in [-0.2, 0) is 35.0 Å². The number of rotatable bonds is 6. The van der Waals surface area contributed by atoms with E-state index in [0.29, 0.717) is 48.3 Å². The van der Waals surface area contributed by atoms with Crippen molar-refractivity contribution in [2.45, 2.75) is 91.5 Å². The fraction of sp³-hybridized carbons (Fsp3) is 0.594. The molecule has 0 spiro atoms. The molecule has 2 aliphatic carbocycles. The lowest BCUT2D eigenvalue weighted by Crippen LogP contribution is -2.70. The van der Waals surface area contributed by atoms with Crippen LogP contribution in [0, 0.1) is 22.7 Å². The minimum Gasteiger partial charge on any atom is -0.483 e. The Kier molecular flexibility index (Phi) is 7.70. The Balaban J connectivity index is 1.63. The van der Waals surface area contributed by atoms with Crippen molar-refractivity contribution in [1.82, 2.24) is 4.98 Å². The fourth-order valence-electron chi connectivity index (χ4n) is 7.90. The molecule has 0 N–H and O–H groups in total. The molecule has 10 nitrogen and oxygen atoms in total. The summed E-state index contributed by atoms with van der Waals surface area (Å²) in [5.41, 5.74) is -1.63. The molecule has 226 valence electrons. The monoisotopic (exact) mass is 581 g/mol. The van der Waals surface area contributed by atoms with Gasteiger partial charge in [0.1, 0.15) is 35.9 Å². The van der Waals surface area contributed by atoms with Crippen LogP contribution in [0.1, 0.15) is 72.8 Å². The third kappa shape index (κ3) is 4.98. The van der Waals surface area contributed by atoms with E-state index < -0.39 is 46.2 Å². The maximum Gasteiger partial charge on any atom is 0.343 e. The van der Waals surface area contributed by atoms with Crippen LogP contribution < -0.4 is 10.4 Å². The van der Waals surface area contributed by atoms with Crippen molar-refractivity contribution in [2.75, 3.05) is 6.61 Å². The van der Waals surface area contributed by atoms with Gasteiger partial charge in [-0.3, -0.25) is 19.4 Å². The largest absolute Gasteiger partial charge is 0.483 e. The van der Waals surface area contributed by atoms with Crippen LogP contribution in [0.2, 0.25) is 0 Å². The molecule has 2 aromatic rings. The molecule has 0 aromatic carbocycles. The summed E-state index contributed by atoms with van der Waals surface area (Å²) in [6.45, 7) is 10.6. The summed E-state index contributed by atoms with van der Waals surface area (Å²) < 4.78 is 30.0. The zero-order valence-corrected chi connectivity index (χ0v) is 25.1. The highest BCUT2D eigenvalue weighted by Gasteiger charge is 2.68. The van der Waals surface area contributed by atoms with Crippen molar-refractivity contribution in [2.24, 2.45) is 22.7 Å². The van der Waals surface area contributed by atoms with E-state index in [1.165, 1.54) is 13.8 Å². The molecule has 42 heavy (non-hydrogen) atoms. The topological polar surface area (TPSA) is 131 Å². The zero-order chi connectivity index (χ0) is 30.4. The number of hydrogen-bond acceptors (Lipinski definition) is 10. The second kappa shape index (κ2) is 10.9. The summed E-state index contributed by atoms with van der Waals surface area (Å²) in [6, 6.07) is 5.27. The summed E-state index contributed by atoms with van der Waals surface area (Å²) in [6.07, 6.45) is 4.20. The van der Waals surface area contributed by atoms with Crippen molar-refractivity contribution >= 4 is 17.9 Å². The van der Waals surface area contributed by atoms with E-state index in [-0.39, 0.29) is 30.8 Å². The molecule has 2 fully saturated rings. The molecule has 0 radical (unpaired) electrons. The van der Waals surface area contributed by atoms with Crippen molar-refractivity contribution in [3.8, 4) is 17.1 Å². The van der Waals surface area contributed by atoms with Gasteiger partial charge in [-0.25, -0.2) is 4.79 Å². The molecule has 7 unspecified atom stereocenters. The van der Waals surface area contributed by atoms with E-state index in [4.69, 9.17) is 23.4 Å². The zero-order valence-electron chi connectivity index (χ0n) is 25.1. The van der Waals surface area contributed by atoms with E-state index in [2.05, 4.69) is 11.9 Å². The number of aromatic nitrogens is 1. The molecule has 3 heterocycles. The predicted octanol–water partition coefficient (Wildman–Crippen LogP) is 4.65. The molecular weight excluding hydrogens is 542 g/mol. The van der Waals surface area contributed by atoms with Crippen LogP contribution in [-0.4, -0.2) is 47.3 Å². The number of carbonyl (C=O) groups is 3. The third-order valence-corrected chi connectivity index (χ3v) is 10.00. The summed E-state index contributed by atoms with van der Waals surface area (Å²) in [7, 11) is 0. The van der Waals surface area contributed by atoms with Gasteiger partial charge in [-0.2, -0.15) is 0 Å². The maximum atomic E-state index is 13.4. The Labute approximate surface area is 245 Å². The van der Waals surface area contributed by atoms with Gasteiger partial charge in [-0.15, -0.1) is 0 Å². The van der Waals surface area contributed by atoms with Crippen molar-refractivity contribution in [3.63, 3.8) is 0 Å². The Bertz CT molecular complexity index is 1440. The second-order valence-electron chi connectivity index (χ2n) is 12.6. The van der Waals surface area contributed by atoms with Gasteiger partial charge in [0.25, 0.3) is 0 Å². The summed E-state index contributed by atoms with van der Waals surface area (Å²) in [5.74, 6) is -0.946. The molecule has 5 rings (SSSR count). The van der Waals surface area contributed by atoms with Gasteiger partial charge < -0.3 is 23.4 Å².